The predicted octanol–water partition coefficient (Wildman–Crippen LogP) is 3.66. The van der Waals surface area contributed by atoms with E-state index >= 15 is 0 Å². The molecule has 1 atom stereocenters. The number of hydrogen-bond donors (Lipinski definition) is 2. The van der Waals surface area contributed by atoms with E-state index in [1.54, 1.807) is 0 Å². The van der Waals surface area contributed by atoms with E-state index < -0.39 is 7.44 Å². The molecule has 0 saturated heterocycles. The summed E-state index contributed by atoms with van der Waals surface area (Å²) >= 11 is 0. The molecule has 0 saturated carbocycles. The van der Waals surface area contributed by atoms with Crippen molar-refractivity contribution in [2.24, 2.45) is 0 Å². The summed E-state index contributed by atoms with van der Waals surface area (Å²) in [5.41, 5.74) is 4.17. The van der Waals surface area contributed by atoms with Crippen molar-refractivity contribution in [2.45, 2.75) is 13.8 Å². The summed E-state index contributed by atoms with van der Waals surface area (Å²) in [6, 6.07) is 13.6. The normalized spacial score (nSPS) is 21.0. The van der Waals surface area contributed by atoms with E-state index in [4.69, 9.17) is 0 Å². The van der Waals surface area contributed by atoms with Gasteiger partial charge in [0.2, 0.25) is 0 Å². The molecular formula is C14H15N2OP. The van der Waals surface area contributed by atoms with Crippen LogP contribution in [0.3, 0.4) is 0 Å². The Bertz CT molecular complexity index is 652. The van der Waals surface area contributed by atoms with Gasteiger partial charge in [0.15, 0.2) is 0 Å². The van der Waals surface area contributed by atoms with Gasteiger partial charge in [-0.15, -0.1) is 0 Å². The number of hydrogen-bond acceptors (Lipinski definition) is 1. The second-order valence-electron chi connectivity index (χ2n) is 4.67. The molecule has 3 rings (SSSR count). The predicted molar refractivity (Wildman–Crippen MR) is 76.8 cm³/mol. The van der Waals surface area contributed by atoms with E-state index in [1.807, 2.05) is 50.2 Å². The minimum absolute atomic E-state index is 0.804. The van der Waals surface area contributed by atoms with E-state index in [-0.39, 0.29) is 0 Å². The summed E-state index contributed by atoms with van der Waals surface area (Å²) in [5, 5.41) is 7.12. The van der Waals surface area contributed by atoms with Gasteiger partial charge < -0.3 is 10.2 Å². The Hall–Kier alpha value is -1.73. The molecular weight excluding hydrogens is 243 g/mol. The lowest BCUT2D eigenvalue weighted by atomic mass is 10.1. The van der Waals surface area contributed by atoms with Crippen LogP contribution >= 0.6 is 7.44 Å². The second-order valence-corrected chi connectivity index (χ2v) is 6.85. The second kappa shape index (κ2) is 3.89. The zero-order chi connectivity index (χ0) is 12.8. The van der Waals surface area contributed by atoms with Crippen molar-refractivity contribution in [2.75, 3.05) is 10.2 Å². The Morgan fingerprint density at radius 1 is 1.00 bits per heavy atom. The van der Waals surface area contributed by atoms with E-state index in [2.05, 4.69) is 16.2 Å². The monoisotopic (exact) mass is 258 g/mol. The average molecular weight is 258 g/mol. The zero-order valence-corrected chi connectivity index (χ0v) is 11.3. The Balaban J connectivity index is 2.08. The highest BCUT2D eigenvalue weighted by Crippen LogP contribution is 2.54. The Morgan fingerprint density at radius 2 is 1.72 bits per heavy atom. The van der Waals surface area contributed by atoms with Crippen LogP contribution in [-0.4, -0.2) is 0 Å². The van der Waals surface area contributed by atoms with Gasteiger partial charge in [0.1, 0.15) is 0 Å². The lowest BCUT2D eigenvalue weighted by Crippen LogP contribution is -2.12. The largest absolute Gasteiger partial charge is 0.315 e. The van der Waals surface area contributed by atoms with E-state index in [9.17, 15) is 4.57 Å². The molecule has 1 aliphatic heterocycles. The molecule has 1 aliphatic rings. The van der Waals surface area contributed by atoms with E-state index in [0.717, 1.165) is 22.2 Å². The highest BCUT2D eigenvalue weighted by Gasteiger charge is 2.33. The van der Waals surface area contributed by atoms with Gasteiger partial charge in [0.25, 0.3) is 7.44 Å². The molecule has 2 aromatic rings. The summed E-state index contributed by atoms with van der Waals surface area (Å²) in [4.78, 5) is 0. The van der Waals surface area contributed by atoms with Crippen LogP contribution in [0.2, 0.25) is 0 Å². The van der Waals surface area contributed by atoms with Gasteiger partial charge in [0, 0.05) is 0 Å². The number of aryl methyl sites for hydroxylation is 2. The average Bonchev–Trinajstić information content (AvgIpc) is 2.69. The zero-order valence-electron chi connectivity index (χ0n) is 10.4. The van der Waals surface area contributed by atoms with Crippen LogP contribution in [0.1, 0.15) is 11.1 Å². The molecule has 0 unspecified atom stereocenters. The van der Waals surface area contributed by atoms with Crippen molar-refractivity contribution in [1.29, 1.82) is 0 Å². The molecule has 0 aliphatic carbocycles. The molecule has 0 radical (unpaired) electrons. The Morgan fingerprint density at radius 3 is 2.44 bits per heavy atom. The van der Waals surface area contributed by atoms with Crippen LogP contribution in [0.5, 0.6) is 0 Å². The quantitative estimate of drug-likeness (QED) is 0.767. The fourth-order valence-electron chi connectivity index (χ4n) is 2.33. The van der Waals surface area contributed by atoms with Crippen LogP contribution in [0.4, 0.5) is 11.4 Å². The first-order valence-corrected chi connectivity index (χ1v) is 7.63. The minimum atomic E-state index is -2.75. The molecule has 2 N–H and O–H groups in total. The summed E-state index contributed by atoms with van der Waals surface area (Å²) in [6.07, 6.45) is 0. The lowest BCUT2D eigenvalue weighted by Gasteiger charge is -2.13. The SMILES string of the molecule is Cc1cc(C)c2c(c1)N[P@@](=O)(c1ccccc1)N2. The van der Waals surface area contributed by atoms with Gasteiger partial charge in [-0.1, -0.05) is 24.3 Å². The molecule has 2 aromatic carbocycles. The van der Waals surface area contributed by atoms with E-state index in [0.29, 0.717) is 0 Å². The minimum Gasteiger partial charge on any atom is -0.315 e. The number of anilines is 2. The van der Waals surface area contributed by atoms with Gasteiger partial charge in [-0.3, -0.25) is 4.57 Å². The molecule has 0 aromatic heterocycles. The first-order chi connectivity index (χ1) is 8.58. The van der Waals surface area contributed by atoms with Crippen molar-refractivity contribution in [3.63, 3.8) is 0 Å². The molecule has 92 valence electrons. The van der Waals surface area contributed by atoms with Gasteiger partial charge in [0.05, 0.1) is 16.7 Å². The van der Waals surface area contributed by atoms with E-state index in [1.165, 1.54) is 5.56 Å². The Kier molecular flexibility index (Phi) is 2.46. The molecule has 18 heavy (non-hydrogen) atoms. The summed E-state index contributed by atoms with van der Waals surface area (Å²) < 4.78 is 12.9. The van der Waals surface area contributed by atoms with Crippen LogP contribution in [0.25, 0.3) is 0 Å². The molecule has 0 fully saturated rings. The third kappa shape index (κ3) is 1.72. The molecule has 0 amide bonds. The number of benzene rings is 2. The highest BCUT2D eigenvalue weighted by molar-refractivity contribution is 7.74. The summed E-state index contributed by atoms with van der Waals surface area (Å²) in [7, 11) is -2.75. The fraction of sp³-hybridized carbons (Fsp3) is 0.143. The van der Waals surface area contributed by atoms with Crippen molar-refractivity contribution >= 4 is 24.1 Å². The fourth-order valence-corrected chi connectivity index (χ4v) is 4.36. The van der Waals surface area contributed by atoms with Crippen LogP contribution in [0.15, 0.2) is 42.5 Å². The van der Waals surface area contributed by atoms with Crippen molar-refractivity contribution in [3.05, 3.63) is 53.6 Å². The number of nitrogens with one attached hydrogen (secondary N) is 2. The highest BCUT2D eigenvalue weighted by atomic mass is 31.2. The van der Waals surface area contributed by atoms with Gasteiger partial charge in [-0.05, 0) is 43.2 Å². The van der Waals surface area contributed by atoms with Gasteiger partial charge in [-0.2, -0.15) is 0 Å². The van der Waals surface area contributed by atoms with Crippen LogP contribution < -0.4 is 15.5 Å². The molecule has 3 nitrogen and oxygen atoms in total. The maximum absolute atomic E-state index is 12.9. The summed E-state index contributed by atoms with van der Waals surface area (Å²) in [5.74, 6) is 0. The summed E-state index contributed by atoms with van der Waals surface area (Å²) in [6.45, 7) is 4.07. The van der Waals surface area contributed by atoms with Gasteiger partial charge >= 0.3 is 0 Å². The molecule has 0 bridgehead atoms. The number of fused-ring (bicyclic) bond motifs is 1. The Labute approximate surface area is 107 Å². The van der Waals surface area contributed by atoms with Crippen LogP contribution in [0, 0.1) is 13.8 Å². The van der Waals surface area contributed by atoms with Crippen LogP contribution in [-0.2, 0) is 4.57 Å². The van der Waals surface area contributed by atoms with Crippen molar-refractivity contribution in [1.82, 2.24) is 0 Å². The lowest BCUT2D eigenvalue weighted by molar-refractivity contribution is 0.588. The number of rotatable bonds is 1. The van der Waals surface area contributed by atoms with Gasteiger partial charge in [-0.25, -0.2) is 0 Å². The standard InChI is InChI=1S/C14H15N2OP/c1-10-8-11(2)14-13(9-10)15-18(17,16-14)12-6-4-3-5-7-12/h3-9H,1-2H3,(H2,15,16,17)/t18-/m0/s1. The topological polar surface area (TPSA) is 41.1 Å². The molecule has 1 heterocycles. The third-order valence-electron chi connectivity index (χ3n) is 3.15. The third-order valence-corrected chi connectivity index (χ3v) is 5.27. The van der Waals surface area contributed by atoms with Crippen molar-refractivity contribution < 1.29 is 4.57 Å². The molecule has 0 spiro atoms. The molecule has 4 heteroatoms. The first kappa shape index (κ1) is 11.4. The maximum Gasteiger partial charge on any atom is 0.287 e. The first-order valence-electron chi connectivity index (χ1n) is 5.92. The van der Waals surface area contributed by atoms with Crippen molar-refractivity contribution in [3.8, 4) is 0 Å². The smallest absolute Gasteiger partial charge is 0.287 e. The maximum atomic E-state index is 12.9.